The summed E-state index contributed by atoms with van der Waals surface area (Å²) in [4.78, 5) is 23.0. The molecule has 0 aliphatic heterocycles. The lowest BCUT2D eigenvalue weighted by molar-refractivity contribution is -0.384. The Morgan fingerprint density at radius 3 is 2.56 bits per heavy atom. The second kappa shape index (κ2) is 4.04. The first-order chi connectivity index (χ1) is 7.36. The summed E-state index contributed by atoms with van der Waals surface area (Å²) in [5.74, 6) is -1.66. The molecule has 3 N–H and O–H groups in total. The van der Waals surface area contributed by atoms with Gasteiger partial charge in [-0.3, -0.25) is 15.1 Å². The van der Waals surface area contributed by atoms with Crippen molar-refractivity contribution in [2.75, 3.05) is 5.73 Å². The summed E-state index contributed by atoms with van der Waals surface area (Å²) in [6, 6.07) is 0. The van der Waals surface area contributed by atoms with Gasteiger partial charge in [0.2, 0.25) is 0 Å². The molecular weight excluding hydrogens is 228 g/mol. The molecule has 7 nitrogen and oxygen atoms in total. The molecule has 0 aliphatic carbocycles. The number of aromatic carboxylic acids is 1. The van der Waals surface area contributed by atoms with Crippen molar-refractivity contribution in [3.63, 3.8) is 0 Å². The topological polar surface area (TPSA) is 119 Å². The van der Waals surface area contributed by atoms with Crippen molar-refractivity contribution in [1.82, 2.24) is 4.98 Å². The number of anilines is 1. The zero-order valence-corrected chi connectivity index (χ0v) is 7.55. The third-order valence-electron chi connectivity index (χ3n) is 1.74. The van der Waals surface area contributed by atoms with Crippen molar-refractivity contribution >= 4 is 17.3 Å². The summed E-state index contributed by atoms with van der Waals surface area (Å²) in [6.45, 7) is 0. The number of hydrogen-bond acceptors (Lipinski definition) is 5. The molecular formula is C7H5F2N3O4. The normalized spacial score (nSPS) is 10.4. The largest absolute Gasteiger partial charge is 0.477 e. The van der Waals surface area contributed by atoms with E-state index in [9.17, 15) is 23.7 Å². The molecule has 9 heteroatoms. The fourth-order valence-corrected chi connectivity index (χ4v) is 1.06. The molecule has 1 rings (SSSR count). The number of pyridine rings is 1. The Balaban J connectivity index is 3.54. The molecule has 0 radical (unpaired) electrons. The van der Waals surface area contributed by atoms with Crippen LogP contribution >= 0.6 is 0 Å². The first kappa shape index (κ1) is 11.8. The summed E-state index contributed by atoms with van der Waals surface area (Å²) < 4.78 is 24.6. The van der Waals surface area contributed by atoms with Crippen molar-refractivity contribution in [2.45, 2.75) is 6.43 Å². The maximum atomic E-state index is 12.3. The van der Waals surface area contributed by atoms with E-state index in [1.807, 2.05) is 0 Å². The van der Waals surface area contributed by atoms with Gasteiger partial charge in [-0.15, -0.1) is 0 Å². The Kier molecular flexibility index (Phi) is 2.97. The van der Waals surface area contributed by atoms with Crippen LogP contribution in [0.2, 0.25) is 0 Å². The Bertz CT molecular complexity index is 463. The molecule has 0 atom stereocenters. The van der Waals surface area contributed by atoms with Crippen LogP contribution in [-0.2, 0) is 0 Å². The van der Waals surface area contributed by atoms with Gasteiger partial charge in [0.15, 0.2) is 5.56 Å². The molecule has 1 heterocycles. The average molecular weight is 233 g/mol. The lowest BCUT2D eigenvalue weighted by atomic mass is 10.1. The Morgan fingerprint density at radius 2 is 2.19 bits per heavy atom. The zero-order valence-electron chi connectivity index (χ0n) is 7.55. The number of halogens is 2. The number of hydrogen-bond donors (Lipinski definition) is 2. The van der Waals surface area contributed by atoms with E-state index in [4.69, 9.17) is 10.8 Å². The number of carboxylic acids is 1. The summed E-state index contributed by atoms with van der Waals surface area (Å²) >= 11 is 0. The predicted molar refractivity (Wildman–Crippen MR) is 47.2 cm³/mol. The first-order valence-electron chi connectivity index (χ1n) is 3.80. The molecule has 0 aromatic carbocycles. The summed E-state index contributed by atoms with van der Waals surface area (Å²) in [5.41, 5.74) is 1.24. The highest BCUT2D eigenvalue weighted by Gasteiger charge is 2.29. The smallest absolute Gasteiger partial charge is 0.344 e. The molecule has 0 fully saturated rings. The monoisotopic (exact) mass is 233 g/mol. The zero-order chi connectivity index (χ0) is 12.5. The van der Waals surface area contributed by atoms with Crippen molar-refractivity contribution in [3.05, 3.63) is 27.6 Å². The SMILES string of the molecule is Nc1c(C(F)F)ncc(C(=O)O)c1[N+](=O)[O-]. The Morgan fingerprint density at radius 1 is 1.62 bits per heavy atom. The van der Waals surface area contributed by atoms with Gasteiger partial charge in [0.05, 0.1) is 4.92 Å². The van der Waals surface area contributed by atoms with Gasteiger partial charge in [-0.05, 0) is 0 Å². The highest BCUT2D eigenvalue weighted by atomic mass is 19.3. The fraction of sp³-hybridized carbons (Fsp3) is 0.143. The van der Waals surface area contributed by atoms with E-state index in [-0.39, 0.29) is 0 Å². The van der Waals surface area contributed by atoms with Gasteiger partial charge in [0, 0.05) is 6.20 Å². The molecule has 0 saturated carbocycles. The quantitative estimate of drug-likeness (QED) is 0.598. The molecule has 1 aromatic heterocycles. The second-order valence-electron chi connectivity index (χ2n) is 2.68. The van der Waals surface area contributed by atoms with Crippen LogP contribution in [0.3, 0.4) is 0 Å². The van der Waals surface area contributed by atoms with Crippen LogP contribution in [0.25, 0.3) is 0 Å². The fourth-order valence-electron chi connectivity index (χ4n) is 1.06. The molecule has 0 unspecified atom stereocenters. The van der Waals surface area contributed by atoms with Gasteiger partial charge < -0.3 is 10.8 Å². The van der Waals surface area contributed by atoms with E-state index < -0.39 is 40.0 Å². The molecule has 0 amide bonds. The van der Waals surface area contributed by atoms with E-state index in [0.29, 0.717) is 6.20 Å². The predicted octanol–water partition coefficient (Wildman–Crippen LogP) is 1.21. The van der Waals surface area contributed by atoms with E-state index >= 15 is 0 Å². The molecule has 16 heavy (non-hydrogen) atoms. The van der Waals surface area contributed by atoms with Crippen LogP contribution in [-0.4, -0.2) is 21.0 Å². The van der Waals surface area contributed by atoms with Gasteiger partial charge in [-0.2, -0.15) is 0 Å². The van der Waals surface area contributed by atoms with Crippen molar-refractivity contribution in [2.24, 2.45) is 0 Å². The number of nitrogen functional groups attached to an aromatic ring is 1. The number of nitro groups is 1. The van der Waals surface area contributed by atoms with Gasteiger partial charge in [-0.1, -0.05) is 0 Å². The van der Waals surface area contributed by atoms with Crippen LogP contribution in [0.4, 0.5) is 20.2 Å². The van der Waals surface area contributed by atoms with Crippen LogP contribution in [0, 0.1) is 10.1 Å². The summed E-state index contributed by atoms with van der Waals surface area (Å²) in [5, 5.41) is 19.1. The highest BCUT2D eigenvalue weighted by molar-refractivity contribution is 5.95. The average Bonchev–Trinajstić information content (AvgIpc) is 2.15. The number of nitrogens with two attached hydrogens (primary N) is 1. The number of carbonyl (C=O) groups is 1. The maximum Gasteiger partial charge on any atom is 0.344 e. The number of nitrogens with zero attached hydrogens (tertiary/aromatic N) is 2. The molecule has 0 bridgehead atoms. The molecule has 0 spiro atoms. The standard InChI is InChI=1S/C7H5F2N3O4/c8-6(9)4-3(10)5(12(15)16)2(1-11-4)7(13)14/h1,6H,10H2,(H,13,14). The van der Waals surface area contributed by atoms with Crippen LogP contribution < -0.4 is 5.73 Å². The summed E-state index contributed by atoms with van der Waals surface area (Å²) in [6.07, 6.45) is -2.63. The number of carboxylic acid groups (broad SMARTS) is 1. The Hall–Kier alpha value is -2.32. The van der Waals surface area contributed by atoms with Gasteiger partial charge in [-0.25, -0.2) is 13.6 Å². The van der Waals surface area contributed by atoms with Crippen LogP contribution in [0.1, 0.15) is 22.5 Å². The van der Waals surface area contributed by atoms with Gasteiger partial charge in [0.1, 0.15) is 11.4 Å². The third kappa shape index (κ3) is 1.87. The van der Waals surface area contributed by atoms with Crippen molar-refractivity contribution in [1.29, 1.82) is 0 Å². The number of aromatic nitrogens is 1. The van der Waals surface area contributed by atoms with Crippen LogP contribution in [0.15, 0.2) is 6.20 Å². The van der Waals surface area contributed by atoms with Crippen LogP contribution in [0.5, 0.6) is 0 Å². The van der Waals surface area contributed by atoms with E-state index in [2.05, 4.69) is 4.98 Å². The van der Waals surface area contributed by atoms with E-state index in [1.165, 1.54) is 0 Å². The Labute approximate surface area is 86.7 Å². The number of rotatable bonds is 3. The second-order valence-corrected chi connectivity index (χ2v) is 2.68. The molecule has 86 valence electrons. The highest BCUT2D eigenvalue weighted by Crippen LogP contribution is 2.32. The number of alkyl halides is 2. The first-order valence-corrected chi connectivity index (χ1v) is 3.80. The van der Waals surface area contributed by atoms with Crippen molar-refractivity contribution < 1.29 is 23.6 Å². The lowest BCUT2D eigenvalue weighted by Gasteiger charge is -2.05. The minimum absolute atomic E-state index is 0.484. The maximum absolute atomic E-state index is 12.3. The summed E-state index contributed by atoms with van der Waals surface area (Å²) in [7, 11) is 0. The molecule has 0 aliphatic rings. The molecule has 1 aromatic rings. The van der Waals surface area contributed by atoms with Gasteiger partial charge in [0.25, 0.3) is 6.43 Å². The molecule has 0 saturated heterocycles. The lowest BCUT2D eigenvalue weighted by Crippen LogP contribution is -2.10. The van der Waals surface area contributed by atoms with Crippen molar-refractivity contribution in [3.8, 4) is 0 Å². The minimum Gasteiger partial charge on any atom is -0.477 e. The minimum atomic E-state index is -3.11. The van der Waals surface area contributed by atoms with Gasteiger partial charge >= 0.3 is 11.7 Å². The van der Waals surface area contributed by atoms with E-state index in [0.717, 1.165) is 0 Å². The third-order valence-corrected chi connectivity index (χ3v) is 1.74. The van der Waals surface area contributed by atoms with E-state index in [1.54, 1.807) is 0 Å².